The second-order valence-corrected chi connectivity index (χ2v) is 4.30. The fourth-order valence-electron chi connectivity index (χ4n) is 1.28. The average Bonchev–Trinajstić information content (AvgIpc) is 2.56. The summed E-state index contributed by atoms with van der Waals surface area (Å²) in [5, 5.41) is 4.21. The van der Waals surface area contributed by atoms with E-state index < -0.39 is 0 Å². The highest BCUT2D eigenvalue weighted by Crippen LogP contribution is 2.12. The van der Waals surface area contributed by atoms with Crippen LogP contribution in [-0.4, -0.2) is 9.78 Å². The second-order valence-electron chi connectivity index (χ2n) is 3.05. The molecule has 0 fully saturated rings. The Kier molecular flexibility index (Phi) is 2.72. The fraction of sp³-hybridized carbons (Fsp3) is 0.100. The zero-order valence-corrected chi connectivity index (χ0v) is 9.68. The summed E-state index contributed by atoms with van der Waals surface area (Å²) >= 11 is 2.24. The molecule has 4 heteroatoms. The predicted molar refractivity (Wildman–Crippen MR) is 64.9 cm³/mol. The van der Waals surface area contributed by atoms with Gasteiger partial charge < -0.3 is 5.73 Å². The van der Waals surface area contributed by atoms with Gasteiger partial charge in [-0.2, -0.15) is 5.10 Å². The smallest absolute Gasteiger partial charge is 0.0679 e. The number of hydrogen-bond acceptors (Lipinski definition) is 2. The van der Waals surface area contributed by atoms with E-state index in [9.17, 15) is 0 Å². The minimum absolute atomic E-state index is 0.732. The molecule has 0 unspecified atom stereocenters. The van der Waals surface area contributed by atoms with Crippen LogP contribution in [0.15, 0.2) is 36.7 Å². The largest absolute Gasteiger partial charge is 0.398 e. The molecule has 14 heavy (non-hydrogen) atoms. The van der Waals surface area contributed by atoms with Crippen LogP contribution in [0.5, 0.6) is 0 Å². The van der Waals surface area contributed by atoms with Gasteiger partial charge in [-0.05, 0) is 34.2 Å². The van der Waals surface area contributed by atoms with Crippen molar-refractivity contribution in [2.45, 2.75) is 6.54 Å². The van der Waals surface area contributed by atoms with Crippen LogP contribution in [0.3, 0.4) is 0 Å². The Bertz CT molecular complexity index is 436. The highest BCUT2D eigenvalue weighted by atomic mass is 127. The molecule has 0 saturated carbocycles. The van der Waals surface area contributed by atoms with Gasteiger partial charge in [0.1, 0.15) is 0 Å². The number of nitrogens with zero attached hydrogens (tertiary/aromatic N) is 2. The molecule has 2 aromatic rings. The number of hydrogen-bond donors (Lipinski definition) is 1. The molecule has 0 spiro atoms. The molecule has 3 nitrogen and oxygen atoms in total. The number of nitrogens with two attached hydrogens (primary N) is 1. The molecule has 72 valence electrons. The summed E-state index contributed by atoms with van der Waals surface area (Å²) in [6, 6.07) is 7.85. The average molecular weight is 299 g/mol. The van der Waals surface area contributed by atoms with E-state index in [1.807, 2.05) is 41.3 Å². The fourth-order valence-corrected chi connectivity index (χ4v) is 1.72. The first kappa shape index (κ1) is 9.51. The van der Waals surface area contributed by atoms with Crippen LogP contribution in [-0.2, 0) is 6.54 Å². The van der Waals surface area contributed by atoms with Gasteiger partial charge in [-0.15, -0.1) is 0 Å². The van der Waals surface area contributed by atoms with Gasteiger partial charge in [0.25, 0.3) is 0 Å². The lowest BCUT2D eigenvalue weighted by molar-refractivity contribution is 0.688. The summed E-state index contributed by atoms with van der Waals surface area (Å²) < 4.78 is 3.02. The van der Waals surface area contributed by atoms with Crippen LogP contribution >= 0.6 is 22.6 Å². The summed E-state index contributed by atoms with van der Waals surface area (Å²) in [6.45, 7) is 0.732. The van der Waals surface area contributed by atoms with Gasteiger partial charge in [-0.1, -0.05) is 18.2 Å². The van der Waals surface area contributed by atoms with Crippen molar-refractivity contribution in [3.05, 3.63) is 45.8 Å². The maximum Gasteiger partial charge on any atom is 0.0679 e. The number of halogens is 1. The van der Waals surface area contributed by atoms with Gasteiger partial charge in [0.2, 0.25) is 0 Å². The van der Waals surface area contributed by atoms with E-state index in [-0.39, 0.29) is 0 Å². The summed E-state index contributed by atoms with van der Waals surface area (Å²) in [6.07, 6.45) is 3.83. The molecule has 1 aromatic heterocycles. The zero-order chi connectivity index (χ0) is 9.97. The Labute approximate surface area is 96.1 Å². The van der Waals surface area contributed by atoms with Crippen LogP contribution < -0.4 is 5.73 Å². The van der Waals surface area contributed by atoms with E-state index in [1.165, 1.54) is 0 Å². The molecule has 0 amide bonds. The molecule has 1 aromatic carbocycles. The van der Waals surface area contributed by atoms with Gasteiger partial charge in [-0.25, -0.2) is 0 Å². The first-order valence-corrected chi connectivity index (χ1v) is 5.35. The SMILES string of the molecule is Nc1ccccc1Cn1cc(I)cn1. The molecule has 2 N–H and O–H groups in total. The molecule has 0 saturated heterocycles. The van der Waals surface area contributed by atoms with Gasteiger partial charge >= 0.3 is 0 Å². The van der Waals surface area contributed by atoms with E-state index in [0.29, 0.717) is 0 Å². The summed E-state index contributed by atoms with van der Waals surface area (Å²) in [5.41, 5.74) is 7.75. The van der Waals surface area contributed by atoms with E-state index in [1.54, 1.807) is 0 Å². The number of anilines is 1. The van der Waals surface area contributed by atoms with Gasteiger partial charge in [0.05, 0.1) is 16.3 Å². The van der Waals surface area contributed by atoms with Crippen LogP contribution in [0, 0.1) is 3.57 Å². The third kappa shape index (κ3) is 2.06. The predicted octanol–water partition coefficient (Wildman–Crippen LogP) is 2.12. The molecule has 1 heterocycles. The highest BCUT2D eigenvalue weighted by molar-refractivity contribution is 14.1. The lowest BCUT2D eigenvalue weighted by Gasteiger charge is -2.04. The number of nitrogen functional groups attached to an aromatic ring is 1. The molecule has 0 radical (unpaired) electrons. The number of rotatable bonds is 2. The Morgan fingerprint density at radius 1 is 1.36 bits per heavy atom. The van der Waals surface area contributed by atoms with Crippen molar-refractivity contribution in [3.8, 4) is 0 Å². The quantitative estimate of drug-likeness (QED) is 0.682. The zero-order valence-electron chi connectivity index (χ0n) is 7.52. The maximum absolute atomic E-state index is 5.83. The number of benzene rings is 1. The summed E-state index contributed by atoms with van der Waals surface area (Å²) in [7, 11) is 0. The van der Waals surface area contributed by atoms with Crippen LogP contribution in [0.1, 0.15) is 5.56 Å². The molecule has 0 aliphatic heterocycles. The Balaban J connectivity index is 2.23. The lowest BCUT2D eigenvalue weighted by atomic mass is 10.2. The Morgan fingerprint density at radius 3 is 2.79 bits per heavy atom. The first-order valence-electron chi connectivity index (χ1n) is 4.27. The van der Waals surface area contributed by atoms with Gasteiger partial charge in [0, 0.05) is 11.9 Å². The van der Waals surface area contributed by atoms with Crippen molar-refractivity contribution in [3.63, 3.8) is 0 Å². The minimum Gasteiger partial charge on any atom is -0.398 e. The standard InChI is InChI=1S/C10H10IN3/c11-9-5-13-14(7-9)6-8-3-1-2-4-10(8)12/h1-5,7H,6,12H2. The Hall–Kier alpha value is -1.04. The van der Waals surface area contributed by atoms with Crippen molar-refractivity contribution in [1.29, 1.82) is 0 Å². The molecular weight excluding hydrogens is 289 g/mol. The Morgan fingerprint density at radius 2 is 2.14 bits per heavy atom. The monoisotopic (exact) mass is 299 g/mol. The van der Waals surface area contributed by atoms with Crippen molar-refractivity contribution < 1.29 is 0 Å². The number of aromatic nitrogens is 2. The molecule has 0 aliphatic carbocycles. The molecule has 0 bridgehead atoms. The van der Waals surface area contributed by atoms with Crippen LogP contribution in [0.4, 0.5) is 5.69 Å². The molecule has 0 aliphatic rings. The lowest BCUT2D eigenvalue weighted by Crippen LogP contribution is -2.02. The molecule has 0 atom stereocenters. The van der Waals surface area contributed by atoms with Crippen LogP contribution in [0.25, 0.3) is 0 Å². The topological polar surface area (TPSA) is 43.8 Å². The van der Waals surface area contributed by atoms with Gasteiger partial charge in [-0.3, -0.25) is 4.68 Å². The van der Waals surface area contributed by atoms with E-state index in [2.05, 4.69) is 27.7 Å². The van der Waals surface area contributed by atoms with Crippen LogP contribution in [0.2, 0.25) is 0 Å². The maximum atomic E-state index is 5.83. The summed E-state index contributed by atoms with van der Waals surface area (Å²) in [4.78, 5) is 0. The van der Waals surface area contributed by atoms with E-state index >= 15 is 0 Å². The van der Waals surface area contributed by atoms with E-state index in [4.69, 9.17) is 5.73 Å². The number of para-hydroxylation sites is 1. The summed E-state index contributed by atoms with van der Waals surface area (Å²) in [5.74, 6) is 0. The van der Waals surface area contributed by atoms with Gasteiger partial charge in [0.15, 0.2) is 0 Å². The third-order valence-corrected chi connectivity index (χ3v) is 2.55. The normalized spacial score (nSPS) is 10.4. The molecule has 2 rings (SSSR count). The van der Waals surface area contributed by atoms with Crippen molar-refractivity contribution >= 4 is 28.3 Å². The van der Waals surface area contributed by atoms with Crippen molar-refractivity contribution in [2.24, 2.45) is 0 Å². The van der Waals surface area contributed by atoms with Crippen molar-refractivity contribution in [1.82, 2.24) is 9.78 Å². The highest BCUT2D eigenvalue weighted by Gasteiger charge is 2.00. The minimum atomic E-state index is 0.732. The second kappa shape index (κ2) is 4.00. The third-order valence-electron chi connectivity index (χ3n) is 1.99. The first-order chi connectivity index (χ1) is 6.75. The molecular formula is C10H10IN3. The van der Waals surface area contributed by atoms with E-state index in [0.717, 1.165) is 21.4 Å². The van der Waals surface area contributed by atoms with Crippen molar-refractivity contribution in [2.75, 3.05) is 5.73 Å².